The molecule has 3 bridgehead atoms. The molecule has 5 atom stereocenters. The van der Waals surface area contributed by atoms with Gasteiger partial charge in [0.2, 0.25) is 0 Å². The fraction of sp³-hybridized carbons (Fsp3) is 0.929. The van der Waals surface area contributed by atoms with Crippen molar-refractivity contribution in [2.45, 2.75) is 43.8 Å². The lowest BCUT2D eigenvalue weighted by Gasteiger charge is -2.51. The Kier molecular flexibility index (Phi) is 3.96. The SMILES string of the molecule is O=C(OCC1CC2CC3CCC1C(C3)C2)C(F)(F)S(=O)(=O)O. The Morgan fingerprint density at radius 3 is 2.50 bits per heavy atom. The van der Waals surface area contributed by atoms with Gasteiger partial charge in [-0.25, -0.2) is 4.79 Å². The van der Waals surface area contributed by atoms with Gasteiger partial charge in [0.15, 0.2) is 0 Å². The molecule has 0 saturated heterocycles. The zero-order valence-electron chi connectivity index (χ0n) is 12.1. The molecule has 3 aliphatic rings. The second-order valence-corrected chi connectivity index (χ2v) is 8.49. The minimum Gasteiger partial charge on any atom is -0.460 e. The summed E-state index contributed by atoms with van der Waals surface area (Å²) in [5.41, 5.74) is 0. The van der Waals surface area contributed by atoms with E-state index in [0.29, 0.717) is 17.8 Å². The van der Waals surface area contributed by atoms with E-state index in [-0.39, 0.29) is 12.5 Å². The molecule has 0 aliphatic heterocycles. The Hall–Kier alpha value is -0.760. The first-order valence-electron chi connectivity index (χ1n) is 7.70. The lowest BCUT2D eigenvalue weighted by atomic mass is 9.54. The Morgan fingerprint density at radius 1 is 1.14 bits per heavy atom. The second-order valence-electron chi connectivity index (χ2n) is 7.03. The van der Waals surface area contributed by atoms with Crippen LogP contribution in [-0.2, 0) is 19.6 Å². The number of hydrogen-bond donors (Lipinski definition) is 1. The molecule has 1 N–H and O–H groups in total. The van der Waals surface area contributed by atoms with Crippen molar-refractivity contribution in [3.63, 3.8) is 0 Å². The molecule has 0 heterocycles. The molecule has 0 amide bonds. The van der Waals surface area contributed by atoms with Gasteiger partial charge in [0.05, 0.1) is 6.61 Å². The molecule has 3 aliphatic carbocycles. The van der Waals surface area contributed by atoms with Gasteiger partial charge in [-0.2, -0.15) is 17.2 Å². The average molecular weight is 338 g/mol. The lowest BCUT2D eigenvalue weighted by Crippen LogP contribution is -2.45. The van der Waals surface area contributed by atoms with Crippen molar-refractivity contribution in [3.05, 3.63) is 0 Å². The van der Waals surface area contributed by atoms with Crippen molar-refractivity contribution < 1.29 is 31.3 Å². The zero-order valence-corrected chi connectivity index (χ0v) is 12.9. The van der Waals surface area contributed by atoms with Crippen LogP contribution in [0.4, 0.5) is 8.78 Å². The van der Waals surface area contributed by atoms with Crippen molar-refractivity contribution in [1.82, 2.24) is 0 Å². The molecule has 3 fully saturated rings. The Balaban J connectivity index is 1.63. The third-order valence-electron chi connectivity index (χ3n) is 5.68. The number of halogens is 2. The van der Waals surface area contributed by atoms with E-state index < -0.39 is 21.3 Å². The molecule has 0 spiro atoms. The standard InChI is InChI=1S/C14H20F2O5S/c15-14(16,22(18,19)20)13(17)21-7-11-6-9-3-8-1-2-12(11)10(4-8)5-9/h8-12H,1-7H2,(H,18,19,20). The number of esters is 1. The first-order chi connectivity index (χ1) is 10.2. The summed E-state index contributed by atoms with van der Waals surface area (Å²) in [6.45, 7) is -0.188. The van der Waals surface area contributed by atoms with E-state index in [9.17, 15) is 22.0 Å². The van der Waals surface area contributed by atoms with Crippen LogP contribution in [0, 0.1) is 29.6 Å². The van der Waals surface area contributed by atoms with Gasteiger partial charge in [0, 0.05) is 0 Å². The van der Waals surface area contributed by atoms with Gasteiger partial charge in [-0.3, -0.25) is 4.55 Å². The summed E-state index contributed by atoms with van der Waals surface area (Å²) in [6.07, 6.45) is 6.53. The van der Waals surface area contributed by atoms with E-state index in [2.05, 4.69) is 4.74 Å². The summed E-state index contributed by atoms with van der Waals surface area (Å²) in [7, 11) is -5.79. The van der Waals surface area contributed by atoms with Crippen LogP contribution in [0.5, 0.6) is 0 Å². The van der Waals surface area contributed by atoms with Crippen molar-refractivity contribution in [2.24, 2.45) is 29.6 Å². The van der Waals surface area contributed by atoms with Crippen molar-refractivity contribution in [2.75, 3.05) is 6.61 Å². The van der Waals surface area contributed by atoms with Crippen molar-refractivity contribution in [1.29, 1.82) is 0 Å². The molecule has 5 nitrogen and oxygen atoms in total. The normalized spacial score (nSPS) is 37.9. The van der Waals surface area contributed by atoms with E-state index in [4.69, 9.17) is 4.55 Å². The number of fused-ring (bicyclic) bond motifs is 2. The summed E-state index contributed by atoms with van der Waals surface area (Å²) < 4.78 is 60.4. The number of carbonyl (C=O) groups is 1. The largest absolute Gasteiger partial charge is 0.465 e. The van der Waals surface area contributed by atoms with Crippen LogP contribution in [0.2, 0.25) is 0 Å². The molecule has 3 rings (SSSR count). The van der Waals surface area contributed by atoms with Crippen molar-refractivity contribution in [3.8, 4) is 0 Å². The Bertz CT molecular complexity index is 556. The molecule has 5 unspecified atom stereocenters. The van der Waals surface area contributed by atoms with Crippen LogP contribution < -0.4 is 0 Å². The molecule has 0 aromatic rings. The summed E-state index contributed by atoms with van der Waals surface area (Å²) in [5.74, 6) is 0.140. The highest BCUT2D eigenvalue weighted by molar-refractivity contribution is 7.87. The van der Waals surface area contributed by atoms with E-state index in [1.807, 2.05) is 0 Å². The number of alkyl halides is 2. The van der Waals surface area contributed by atoms with Gasteiger partial charge in [0.25, 0.3) is 0 Å². The molecule has 3 saturated carbocycles. The summed E-state index contributed by atoms with van der Waals surface area (Å²) in [4.78, 5) is 11.3. The maximum Gasteiger partial charge on any atom is 0.465 e. The Morgan fingerprint density at radius 2 is 1.82 bits per heavy atom. The second kappa shape index (κ2) is 5.40. The highest BCUT2D eigenvalue weighted by atomic mass is 32.2. The molecule has 22 heavy (non-hydrogen) atoms. The molecule has 0 aromatic carbocycles. The van der Waals surface area contributed by atoms with E-state index in [1.54, 1.807) is 0 Å². The number of hydrogen-bond acceptors (Lipinski definition) is 4. The third kappa shape index (κ3) is 2.75. The average Bonchev–Trinajstić information content (AvgIpc) is 2.41. The molecule has 0 aromatic heterocycles. The van der Waals surface area contributed by atoms with E-state index >= 15 is 0 Å². The van der Waals surface area contributed by atoms with Gasteiger partial charge >= 0.3 is 21.3 Å². The topological polar surface area (TPSA) is 80.7 Å². The predicted molar refractivity (Wildman–Crippen MR) is 72.6 cm³/mol. The minimum absolute atomic E-state index is 0.0196. The smallest absolute Gasteiger partial charge is 0.460 e. The van der Waals surface area contributed by atoms with E-state index in [1.165, 1.54) is 12.8 Å². The predicted octanol–water partition coefficient (Wildman–Crippen LogP) is 2.47. The molecular weight excluding hydrogens is 318 g/mol. The quantitative estimate of drug-likeness (QED) is 0.629. The first-order valence-corrected chi connectivity index (χ1v) is 9.14. The molecule has 126 valence electrons. The van der Waals surface area contributed by atoms with Gasteiger partial charge in [-0.05, 0) is 61.7 Å². The Labute approximate surface area is 128 Å². The summed E-state index contributed by atoms with van der Waals surface area (Å²) in [6, 6.07) is 0. The van der Waals surface area contributed by atoms with Crippen LogP contribution in [0.15, 0.2) is 0 Å². The molecule has 8 heteroatoms. The third-order valence-corrected chi connectivity index (χ3v) is 6.50. The highest BCUT2D eigenvalue weighted by Gasteiger charge is 2.54. The maximum atomic E-state index is 13.2. The van der Waals surface area contributed by atoms with E-state index in [0.717, 1.165) is 31.6 Å². The van der Waals surface area contributed by atoms with Crippen LogP contribution >= 0.6 is 0 Å². The van der Waals surface area contributed by atoms with Gasteiger partial charge in [0.1, 0.15) is 0 Å². The fourth-order valence-corrected chi connectivity index (χ4v) is 5.11. The maximum absolute atomic E-state index is 13.2. The first kappa shape index (κ1) is 16.1. The van der Waals surface area contributed by atoms with Gasteiger partial charge in [-0.15, -0.1) is 0 Å². The number of carbonyl (C=O) groups excluding carboxylic acids is 1. The van der Waals surface area contributed by atoms with Crippen LogP contribution in [0.3, 0.4) is 0 Å². The summed E-state index contributed by atoms with van der Waals surface area (Å²) in [5, 5.41) is -4.89. The number of rotatable bonds is 4. The van der Waals surface area contributed by atoms with Gasteiger partial charge in [-0.1, -0.05) is 6.42 Å². The van der Waals surface area contributed by atoms with Crippen LogP contribution in [0.1, 0.15) is 38.5 Å². The zero-order chi connectivity index (χ0) is 16.1. The van der Waals surface area contributed by atoms with Crippen LogP contribution in [0.25, 0.3) is 0 Å². The summed E-state index contributed by atoms with van der Waals surface area (Å²) >= 11 is 0. The fourth-order valence-electron chi connectivity index (χ4n) is 4.85. The monoisotopic (exact) mass is 338 g/mol. The van der Waals surface area contributed by atoms with Crippen molar-refractivity contribution >= 4 is 16.1 Å². The minimum atomic E-state index is -5.79. The molecular formula is C14H20F2O5S. The number of ether oxygens (including phenoxy) is 1. The van der Waals surface area contributed by atoms with Crippen LogP contribution in [-0.4, -0.2) is 30.8 Å². The molecule has 0 radical (unpaired) electrons. The highest BCUT2D eigenvalue weighted by Crippen LogP contribution is 2.54. The van der Waals surface area contributed by atoms with Gasteiger partial charge < -0.3 is 4.74 Å². The lowest BCUT2D eigenvalue weighted by molar-refractivity contribution is -0.165.